The molecule has 4 N–H and O–H groups in total. The van der Waals surface area contributed by atoms with E-state index in [9.17, 15) is 50.0 Å². The number of ether oxygens (including phenoxy) is 2. The molecule has 1 saturated heterocycles. The van der Waals surface area contributed by atoms with Gasteiger partial charge in [0.25, 0.3) is 5.91 Å². The number of hydrogen-bond donors (Lipinski definition) is 4. The third-order valence-electron chi connectivity index (χ3n) is 10.7. The second-order valence-electron chi connectivity index (χ2n) is 14.7. The number of nitrogens with zero attached hydrogens (tertiary/aromatic N) is 2. The first-order valence-corrected chi connectivity index (χ1v) is 19.9. The molecule has 5 aliphatic rings. The van der Waals surface area contributed by atoms with Crippen molar-refractivity contribution >= 4 is 40.1 Å². The molecule has 3 aliphatic heterocycles. The summed E-state index contributed by atoms with van der Waals surface area (Å²) in [4.78, 5) is 70.7. The van der Waals surface area contributed by atoms with Crippen molar-refractivity contribution in [1.29, 1.82) is 0 Å². The Morgan fingerprint density at radius 1 is 0.982 bits per heavy atom. The Labute approximate surface area is 315 Å². The van der Waals surface area contributed by atoms with Crippen LogP contribution < -0.4 is 20.1 Å². The topological polar surface area (TPSA) is 193 Å². The number of alkyl halides is 3. The molecule has 0 bridgehead atoms. The number of benzene rings is 1. The number of nitrogens with one attached hydrogen (secondary N) is 4. The lowest BCUT2D eigenvalue weighted by molar-refractivity contribution is -0.141. The van der Waals surface area contributed by atoms with Crippen LogP contribution in [0, 0.1) is 11.7 Å². The van der Waals surface area contributed by atoms with E-state index >= 15 is 0 Å². The number of rotatable bonds is 7. The third-order valence-corrected chi connectivity index (χ3v) is 11.6. The molecule has 1 aromatic carbocycles. The van der Waals surface area contributed by atoms with Crippen molar-refractivity contribution in [2.75, 3.05) is 13.1 Å². The number of fused-ring (bicyclic) bond motifs is 3. The molecule has 2 saturated carbocycles. The van der Waals surface area contributed by atoms with Gasteiger partial charge in [-0.15, -0.1) is 0 Å². The maximum Gasteiger partial charge on any atom is 0.410 e. The van der Waals surface area contributed by atoms with Gasteiger partial charge in [0.05, 0.1) is 13.1 Å². The first kappa shape index (κ1) is 40.2. The lowest BCUT2D eigenvalue weighted by Crippen LogP contribution is -2.59. The number of hydrogen-bond acceptors (Lipinski definition) is 9. The Morgan fingerprint density at radius 2 is 1.73 bits per heavy atom. The van der Waals surface area contributed by atoms with Crippen molar-refractivity contribution in [3.63, 3.8) is 0 Å². The number of halogens is 4. The molecule has 3 heterocycles. The molecule has 1 aromatic rings. The number of allylic oxidation sites excluding steroid dienone is 1. The normalized spacial score (nSPS) is 27.6. The maximum atomic E-state index is 14.4. The minimum atomic E-state index is -5.01. The summed E-state index contributed by atoms with van der Waals surface area (Å²) in [5, 5.41) is 5.21. The average Bonchev–Trinajstić information content (AvgIpc) is 3.53. The highest BCUT2D eigenvalue weighted by Crippen LogP contribution is 2.46. The van der Waals surface area contributed by atoms with Gasteiger partial charge in [-0.2, -0.15) is 26.3 Å². The summed E-state index contributed by atoms with van der Waals surface area (Å²) in [7, 11) is -5.01. The van der Waals surface area contributed by atoms with Crippen LogP contribution in [0.15, 0.2) is 30.4 Å². The molecule has 0 radical (unpaired) electrons. The second kappa shape index (κ2) is 16.3. The van der Waals surface area contributed by atoms with Crippen LogP contribution in [0.2, 0.25) is 0 Å². The van der Waals surface area contributed by atoms with Crippen LogP contribution in [0.25, 0.3) is 0 Å². The van der Waals surface area contributed by atoms with Crippen LogP contribution >= 0.6 is 0 Å². The van der Waals surface area contributed by atoms with E-state index in [1.807, 2.05) is 0 Å². The smallest absolute Gasteiger partial charge is 0.410 e. The highest BCUT2D eigenvalue weighted by molar-refractivity contribution is 7.88. The SMILES string of the molecule is O=C(N[C@H]1CCCCCC=C[C@@H]2C[C@@]2(C(=O)NS(=O)(=O)NCC(F)(F)F)NC(=O)[C@@H]2C[C@@H](OC(=O)N3Cc4cccc(F)c4C3)CN2C1=O)OC1CCCC1. The summed E-state index contributed by atoms with van der Waals surface area (Å²) in [6, 6.07) is 1.93. The number of carbonyl (C=O) groups is 5. The zero-order valence-electron chi connectivity index (χ0n) is 29.9. The highest BCUT2D eigenvalue weighted by atomic mass is 32.2. The molecule has 3 fully saturated rings. The van der Waals surface area contributed by atoms with Crippen LogP contribution in [0.1, 0.15) is 81.8 Å². The first-order chi connectivity index (χ1) is 26.0. The summed E-state index contributed by atoms with van der Waals surface area (Å²) in [6.07, 6.45) is 0.762. The quantitative estimate of drug-likeness (QED) is 0.237. The molecule has 15 nitrogen and oxygen atoms in total. The zero-order valence-corrected chi connectivity index (χ0v) is 30.7. The fraction of sp³-hybridized carbons (Fsp3) is 0.629. The fourth-order valence-corrected chi connectivity index (χ4v) is 8.50. The minimum Gasteiger partial charge on any atom is -0.446 e. The number of amides is 5. The summed E-state index contributed by atoms with van der Waals surface area (Å²) in [6.45, 7) is -2.25. The van der Waals surface area contributed by atoms with E-state index in [1.165, 1.54) is 21.8 Å². The Balaban J connectivity index is 1.23. The summed E-state index contributed by atoms with van der Waals surface area (Å²) < 4.78 is 91.7. The monoisotopic (exact) mass is 800 g/mol. The lowest BCUT2D eigenvalue weighted by Gasteiger charge is -2.30. The highest BCUT2D eigenvalue weighted by Gasteiger charge is 2.62. The average molecular weight is 801 g/mol. The van der Waals surface area contributed by atoms with Gasteiger partial charge in [0.2, 0.25) is 11.8 Å². The Kier molecular flexibility index (Phi) is 11.9. The Morgan fingerprint density at radius 3 is 2.45 bits per heavy atom. The van der Waals surface area contributed by atoms with Gasteiger partial charge < -0.3 is 25.0 Å². The molecule has 302 valence electrons. The van der Waals surface area contributed by atoms with Crippen molar-refractivity contribution in [1.82, 2.24) is 29.9 Å². The standard InChI is InChI=1S/C35H44F4N6O9S/c36-26-13-8-9-21-17-44(19-25(21)26)33(50)54-24-15-28-29(46)42-34(31(48)43-55(51,52)40-20-35(37,38)39)16-22(34)10-4-2-1-3-5-14-27(30(47)45(28)18-24)41-32(49)53-23-11-6-7-12-23/h4,8-10,13,22-24,27-28,40H,1-3,5-7,11-12,14-20H2,(H,41,49)(H,42,46)(H,43,48)/t22-,24-,27+,28+,34-/m1/s1. The van der Waals surface area contributed by atoms with Crippen LogP contribution in [-0.2, 0) is 47.2 Å². The molecule has 2 aliphatic carbocycles. The molecule has 0 aromatic heterocycles. The van der Waals surface area contributed by atoms with E-state index < -0.39 is 88.3 Å². The lowest BCUT2D eigenvalue weighted by atomic mass is 10.0. The van der Waals surface area contributed by atoms with E-state index in [2.05, 4.69) is 10.6 Å². The Bertz CT molecular complexity index is 1810. The van der Waals surface area contributed by atoms with E-state index in [1.54, 1.807) is 22.9 Å². The van der Waals surface area contributed by atoms with Gasteiger partial charge in [0, 0.05) is 24.4 Å². The summed E-state index contributed by atoms with van der Waals surface area (Å²) >= 11 is 0. The summed E-state index contributed by atoms with van der Waals surface area (Å²) in [5.74, 6) is -4.12. The molecule has 0 spiro atoms. The third kappa shape index (κ3) is 9.86. The maximum absolute atomic E-state index is 14.4. The van der Waals surface area contributed by atoms with Gasteiger partial charge in [-0.25, -0.2) is 18.7 Å². The van der Waals surface area contributed by atoms with Crippen molar-refractivity contribution in [2.45, 2.75) is 120 Å². The summed E-state index contributed by atoms with van der Waals surface area (Å²) in [5.41, 5.74) is -0.979. The molecule has 0 unspecified atom stereocenters. The van der Waals surface area contributed by atoms with Crippen molar-refractivity contribution in [3.8, 4) is 0 Å². The Hall–Kier alpha value is -4.46. The van der Waals surface area contributed by atoms with E-state index in [-0.39, 0.29) is 45.0 Å². The van der Waals surface area contributed by atoms with Gasteiger partial charge in [0.1, 0.15) is 42.2 Å². The van der Waals surface area contributed by atoms with Gasteiger partial charge in [-0.05, 0) is 63.0 Å². The van der Waals surface area contributed by atoms with E-state index in [0.29, 0.717) is 49.7 Å². The zero-order chi connectivity index (χ0) is 39.5. The van der Waals surface area contributed by atoms with Gasteiger partial charge in [-0.3, -0.25) is 19.3 Å². The van der Waals surface area contributed by atoms with Crippen molar-refractivity contribution in [2.24, 2.45) is 5.92 Å². The number of carbonyl (C=O) groups excluding carboxylic acids is 5. The first-order valence-electron chi connectivity index (χ1n) is 18.4. The van der Waals surface area contributed by atoms with Crippen LogP contribution in [0.4, 0.5) is 27.2 Å². The molecule has 55 heavy (non-hydrogen) atoms. The van der Waals surface area contributed by atoms with E-state index in [4.69, 9.17) is 9.47 Å². The number of alkyl carbamates (subject to hydrolysis) is 1. The van der Waals surface area contributed by atoms with Gasteiger partial charge in [0.15, 0.2) is 0 Å². The predicted molar refractivity (Wildman–Crippen MR) is 184 cm³/mol. The van der Waals surface area contributed by atoms with Crippen molar-refractivity contribution in [3.05, 3.63) is 47.3 Å². The molecular weight excluding hydrogens is 756 g/mol. The minimum absolute atomic E-state index is 0.0631. The van der Waals surface area contributed by atoms with Crippen molar-refractivity contribution < 1.29 is 59.4 Å². The second-order valence-corrected chi connectivity index (χ2v) is 16.2. The fourth-order valence-electron chi connectivity index (χ4n) is 7.65. The predicted octanol–water partition coefficient (Wildman–Crippen LogP) is 3.19. The van der Waals surface area contributed by atoms with Gasteiger partial charge >= 0.3 is 28.6 Å². The van der Waals surface area contributed by atoms with Crippen LogP contribution in [0.3, 0.4) is 0 Å². The van der Waals surface area contributed by atoms with Crippen LogP contribution in [-0.4, -0.2) is 97.2 Å². The molecule has 20 heteroatoms. The van der Waals surface area contributed by atoms with E-state index in [0.717, 1.165) is 17.7 Å². The molecule has 6 rings (SSSR count). The van der Waals surface area contributed by atoms with Gasteiger partial charge in [-0.1, -0.05) is 37.1 Å². The molecule has 5 atom stereocenters. The largest absolute Gasteiger partial charge is 0.446 e. The molecule has 5 amide bonds. The molecular formula is C35H44F4N6O9S. The van der Waals surface area contributed by atoms with Crippen LogP contribution in [0.5, 0.6) is 0 Å².